The molecule has 0 saturated heterocycles. The number of aromatic nitrogens is 4. The van der Waals surface area contributed by atoms with E-state index in [9.17, 15) is 0 Å². The first-order valence-corrected chi connectivity index (χ1v) is 6.00. The van der Waals surface area contributed by atoms with Gasteiger partial charge in [-0.2, -0.15) is 0 Å². The summed E-state index contributed by atoms with van der Waals surface area (Å²) in [5.74, 6) is 0.899. The largest absolute Gasteiger partial charge is 0.311 e. The van der Waals surface area contributed by atoms with Crippen LogP contribution >= 0.6 is 0 Å². The topological polar surface area (TPSA) is 43.6 Å². The molecule has 90 valence electrons. The summed E-state index contributed by atoms with van der Waals surface area (Å²) >= 11 is 0. The van der Waals surface area contributed by atoms with Gasteiger partial charge >= 0.3 is 0 Å². The molecule has 3 rings (SSSR count). The highest BCUT2D eigenvalue weighted by atomic mass is 15.3. The van der Waals surface area contributed by atoms with Crippen LogP contribution in [0.3, 0.4) is 0 Å². The van der Waals surface area contributed by atoms with E-state index in [1.807, 2.05) is 18.2 Å². The van der Waals surface area contributed by atoms with Crippen LogP contribution in [0, 0.1) is 0 Å². The van der Waals surface area contributed by atoms with Crippen molar-refractivity contribution < 1.29 is 0 Å². The van der Waals surface area contributed by atoms with E-state index in [1.54, 1.807) is 12.5 Å². The number of hydrogen-bond acceptors (Lipinski definition) is 3. The van der Waals surface area contributed by atoms with Crippen LogP contribution in [0.25, 0.3) is 22.3 Å². The molecular formula is C14H14N4. The summed E-state index contributed by atoms with van der Waals surface area (Å²) < 4.78 is 2.07. The number of pyridine rings is 1. The van der Waals surface area contributed by atoms with Gasteiger partial charge in [0.15, 0.2) is 5.82 Å². The van der Waals surface area contributed by atoms with Crippen molar-refractivity contribution in [3.05, 3.63) is 42.9 Å². The molecule has 2 aromatic heterocycles. The third-order valence-corrected chi connectivity index (χ3v) is 2.99. The molecule has 18 heavy (non-hydrogen) atoms. The van der Waals surface area contributed by atoms with E-state index in [0.29, 0.717) is 6.04 Å². The summed E-state index contributed by atoms with van der Waals surface area (Å²) in [7, 11) is 0. The maximum Gasteiger partial charge on any atom is 0.164 e. The molecule has 0 saturated carbocycles. The number of rotatable bonds is 2. The first-order valence-electron chi connectivity index (χ1n) is 6.00. The second-order valence-electron chi connectivity index (χ2n) is 4.57. The van der Waals surface area contributed by atoms with Gasteiger partial charge in [0, 0.05) is 23.2 Å². The Hall–Kier alpha value is -2.23. The number of fused-ring (bicyclic) bond motifs is 1. The summed E-state index contributed by atoms with van der Waals surface area (Å²) in [6.07, 6.45) is 3.58. The van der Waals surface area contributed by atoms with Crippen LogP contribution in [0.4, 0.5) is 0 Å². The first-order chi connectivity index (χ1) is 8.75. The SMILES string of the molecule is CC(C)n1cnnc1-c1ccc2ncccc2c1. The van der Waals surface area contributed by atoms with Crippen molar-refractivity contribution in [1.29, 1.82) is 0 Å². The van der Waals surface area contributed by atoms with E-state index >= 15 is 0 Å². The smallest absolute Gasteiger partial charge is 0.164 e. The minimum atomic E-state index is 0.347. The molecule has 0 amide bonds. The van der Waals surface area contributed by atoms with Crippen LogP contribution in [0.15, 0.2) is 42.9 Å². The van der Waals surface area contributed by atoms with Crippen LogP contribution in [-0.2, 0) is 0 Å². The molecule has 0 fully saturated rings. The molecule has 0 aliphatic carbocycles. The lowest BCUT2D eigenvalue weighted by molar-refractivity contribution is 0.604. The van der Waals surface area contributed by atoms with Gasteiger partial charge in [-0.15, -0.1) is 10.2 Å². The van der Waals surface area contributed by atoms with Crippen molar-refractivity contribution >= 4 is 10.9 Å². The second-order valence-corrected chi connectivity index (χ2v) is 4.57. The Morgan fingerprint density at radius 1 is 1.17 bits per heavy atom. The lowest BCUT2D eigenvalue weighted by Crippen LogP contribution is -2.01. The lowest BCUT2D eigenvalue weighted by Gasteiger charge is -2.10. The fourth-order valence-corrected chi connectivity index (χ4v) is 2.04. The first kappa shape index (κ1) is 10.9. The Bertz CT molecular complexity index is 685. The predicted octanol–water partition coefficient (Wildman–Crippen LogP) is 3.07. The van der Waals surface area contributed by atoms with Gasteiger partial charge in [-0.25, -0.2) is 0 Å². The summed E-state index contributed by atoms with van der Waals surface area (Å²) in [6.45, 7) is 4.24. The standard InChI is InChI=1S/C14H14N4/c1-10(2)18-9-16-17-14(18)12-5-6-13-11(8-12)4-3-7-15-13/h3-10H,1-2H3. The van der Waals surface area contributed by atoms with Crippen molar-refractivity contribution in [3.63, 3.8) is 0 Å². The van der Waals surface area contributed by atoms with Gasteiger partial charge in [-0.05, 0) is 38.1 Å². The minimum absolute atomic E-state index is 0.347. The van der Waals surface area contributed by atoms with Gasteiger partial charge in [0.25, 0.3) is 0 Å². The lowest BCUT2D eigenvalue weighted by atomic mass is 10.1. The highest BCUT2D eigenvalue weighted by molar-refractivity contribution is 5.83. The minimum Gasteiger partial charge on any atom is -0.311 e. The normalized spacial score (nSPS) is 11.3. The molecule has 0 spiro atoms. The maximum atomic E-state index is 4.32. The van der Waals surface area contributed by atoms with Crippen LogP contribution in [0.1, 0.15) is 19.9 Å². The van der Waals surface area contributed by atoms with E-state index < -0.39 is 0 Å². The Kier molecular flexibility index (Phi) is 2.55. The quantitative estimate of drug-likeness (QED) is 0.689. The Balaban J connectivity index is 2.16. The Labute approximate surface area is 105 Å². The fraction of sp³-hybridized carbons (Fsp3) is 0.214. The molecule has 0 unspecified atom stereocenters. The van der Waals surface area contributed by atoms with Gasteiger partial charge in [-0.1, -0.05) is 6.07 Å². The molecule has 1 aromatic carbocycles. The third-order valence-electron chi connectivity index (χ3n) is 2.99. The molecule has 0 aliphatic heterocycles. The molecule has 0 aliphatic rings. The van der Waals surface area contributed by atoms with Crippen LogP contribution in [0.5, 0.6) is 0 Å². The van der Waals surface area contributed by atoms with Gasteiger partial charge in [0.1, 0.15) is 6.33 Å². The summed E-state index contributed by atoms with van der Waals surface area (Å²) in [5.41, 5.74) is 2.07. The van der Waals surface area contributed by atoms with E-state index in [0.717, 1.165) is 22.3 Å². The Morgan fingerprint density at radius 2 is 2.06 bits per heavy atom. The van der Waals surface area contributed by atoms with E-state index in [-0.39, 0.29) is 0 Å². The van der Waals surface area contributed by atoms with Crippen molar-refractivity contribution in [2.24, 2.45) is 0 Å². The van der Waals surface area contributed by atoms with E-state index in [1.165, 1.54) is 0 Å². The molecule has 3 aromatic rings. The molecule has 0 N–H and O–H groups in total. The molecule has 2 heterocycles. The molecule has 4 heteroatoms. The van der Waals surface area contributed by atoms with Crippen LogP contribution in [-0.4, -0.2) is 19.7 Å². The van der Waals surface area contributed by atoms with Gasteiger partial charge in [0.05, 0.1) is 5.52 Å². The fourth-order valence-electron chi connectivity index (χ4n) is 2.04. The highest BCUT2D eigenvalue weighted by Gasteiger charge is 2.10. The highest BCUT2D eigenvalue weighted by Crippen LogP contribution is 2.23. The predicted molar refractivity (Wildman–Crippen MR) is 71.1 cm³/mol. The number of hydrogen-bond donors (Lipinski definition) is 0. The average molecular weight is 238 g/mol. The summed E-state index contributed by atoms with van der Waals surface area (Å²) in [6, 6.07) is 10.5. The summed E-state index contributed by atoms with van der Waals surface area (Å²) in [4.78, 5) is 4.32. The second kappa shape index (κ2) is 4.22. The van der Waals surface area contributed by atoms with Gasteiger partial charge in [-0.3, -0.25) is 4.98 Å². The average Bonchev–Trinajstić information content (AvgIpc) is 2.87. The third kappa shape index (κ3) is 1.76. The molecule has 4 nitrogen and oxygen atoms in total. The monoisotopic (exact) mass is 238 g/mol. The van der Waals surface area contributed by atoms with Crippen LogP contribution < -0.4 is 0 Å². The van der Waals surface area contributed by atoms with Crippen LogP contribution in [0.2, 0.25) is 0 Å². The van der Waals surface area contributed by atoms with Crippen molar-refractivity contribution in [1.82, 2.24) is 19.7 Å². The van der Waals surface area contributed by atoms with E-state index in [4.69, 9.17) is 0 Å². The number of benzene rings is 1. The molecule has 0 atom stereocenters. The zero-order valence-electron chi connectivity index (χ0n) is 10.4. The maximum absolute atomic E-state index is 4.32. The van der Waals surface area contributed by atoms with E-state index in [2.05, 4.69) is 45.7 Å². The molecule has 0 bridgehead atoms. The molecule has 0 radical (unpaired) electrons. The zero-order valence-corrected chi connectivity index (χ0v) is 10.4. The molecular weight excluding hydrogens is 224 g/mol. The van der Waals surface area contributed by atoms with Crippen molar-refractivity contribution in [2.45, 2.75) is 19.9 Å². The van der Waals surface area contributed by atoms with Gasteiger partial charge < -0.3 is 4.57 Å². The van der Waals surface area contributed by atoms with Crippen molar-refractivity contribution in [2.75, 3.05) is 0 Å². The Morgan fingerprint density at radius 3 is 2.89 bits per heavy atom. The number of nitrogens with zero attached hydrogens (tertiary/aromatic N) is 4. The van der Waals surface area contributed by atoms with Crippen molar-refractivity contribution in [3.8, 4) is 11.4 Å². The zero-order chi connectivity index (χ0) is 12.5. The van der Waals surface area contributed by atoms with Gasteiger partial charge in [0.2, 0.25) is 0 Å². The summed E-state index contributed by atoms with van der Waals surface area (Å²) in [5, 5.41) is 9.32.